The molecule has 4 unspecified atom stereocenters. The van der Waals surface area contributed by atoms with Gasteiger partial charge in [0.05, 0.1) is 18.3 Å². The predicted octanol–water partition coefficient (Wildman–Crippen LogP) is 6.01. The molecule has 0 amide bonds. The molecule has 0 saturated carbocycles. The first-order chi connectivity index (χ1) is 14.6. The van der Waals surface area contributed by atoms with E-state index < -0.39 is 0 Å². The Morgan fingerprint density at radius 3 is 1.64 bits per heavy atom. The second-order valence-electron chi connectivity index (χ2n) is 13.3. The molecule has 5 nitrogen and oxygen atoms in total. The van der Waals surface area contributed by atoms with Gasteiger partial charge in [0.1, 0.15) is 0 Å². The second kappa shape index (κ2) is 14.4. The van der Waals surface area contributed by atoms with Crippen LogP contribution in [-0.2, 0) is 9.47 Å². The summed E-state index contributed by atoms with van der Waals surface area (Å²) in [4.78, 5) is 0. The molecule has 5 N–H and O–H groups in total. The zero-order valence-electron chi connectivity index (χ0n) is 24.8. The van der Waals surface area contributed by atoms with Gasteiger partial charge >= 0.3 is 0 Å². The first-order valence-corrected chi connectivity index (χ1v) is 13.0. The van der Waals surface area contributed by atoms with E-state index in [1.807, 2.05) is 27.7 Å². The van der Waals surface area contributed by atoms with Crippen LogP contribution < -0.4 is 11.5 Å². The van der Waals surface area contributed by atoms with Gasteiger partial charge in [-0.3, -0.25) is 0 Å². The van der Waals surface area contributed by atoms with E-state index in [0.29, 0.717) is 17.3 Å². The van der Waals surface area contributed by atoms with E-state index in [9.17, 15) is 0 Å². The molecule has 0 radical (unpaired) electrons. The van der Waals surface area contributed by atoms with Crippen molar-refractivity contribution in [1.29, 1.82) is 0 Å². The molecule has 202 valence electrons. The third kappa shape index (κ3) is 14.7. The molecule has 0 heterocycles. The summed E-state index contributed by atoms with van der Waals surface area (Å²) in [5.41, 5.74) is 11.5. The van der Waals surface area contributed by atoms with Crippen molar-refractivity contribution < 1.29 is 14.6 Å². The smallest absolute Gasteiger partial charge is 0.0641 e. The third-order valence-electron chi connectivity index (χ3n) is 8.08. The molecular weight excluding hydrogens is 412 g/mol. The average Bonchev–Trinajstić information content (AvgIpc) is 2.63. The summed E-state index contributed by atoms with van der Waals surface area (Å²) in [6, 6.07) is 0.157. The maximum atomic E-state index is 8.59. The fourth-order valence-corrected chi connectivity index (χ4v) is 3.04. The van der Waals surface area contributed by atoms with Crippen molar-refractivity contribution in [1.82, 2.24) is 0 Å². The maximum Gasteiger partial charge on any atom is 0.0641 e. The highest BCUT2D eigenvalue weighted by molar-refractivity contribution is 4.83. The van der Waals surface area contributed by atoms with Gasteiger partial charge < -0.3 is 26.0 Å². The van der Waals surface area contributed by atoms with Gasteiger partial charge in [0.15, 0.2) is 0 Å². The number of hydrogen-bond acceptors (Lipinski definition) is 5. The van der Waals surface area contributed by atoms with Crippen molar-refractivity contribution in [3.63, 3.8) is 0 Å². The van der Waals surface area contributed by atoms with Crippen LogP contribution in [0.1, 0.15) is 110 Å². The Balaban J connectivity index is 0. The lowest BCUT2D eigenvalue weighted by atomic mass is 9.75. The summed E-state index contributed by atoms with van der Waals surface area (Å²) in [6.07, 6.45) is 2.17. The molecule has 0 aliphatic heterocycles. The van der Waals surface area contributed by atoms with E-state index in [1.54, 1.807) is 0 Å². The summed E-state index contributed by atoms with van der Waals surface area (Å²) < 4.78 is 12.4. The minimum atomic E-state index is -0.241. The van der Waals surface area contributed by atoms with E-state index in [2.05, 4.69) is 69.2 Å². The van der Waals surface area contributed by atoms with Crippen LogP contribution in [0.25, 0.3) is 0 Å². The van der Waals surface area contributed by atoms with E-state index in [0.717, 1.165) is 26.1 Å². The third-order valence-corrected chi connectivity index (χ3v) is 8.08. The molecule has 0 bridgehead atoms. The molecule has 0 aliphatic rings. The summed E-state index contributed by atoms with van der Waals surface area (Å²) in [6.45, 7) is 32.0. The quantitative estimate of drug-likeness (QED) is 0.287. The van der Waals surface area contributed by atoms with Gasteiger partial charge in [-0.1, -0.05) is 55.4 Å². The topological polar surface area (TPSA) is 90.7 Å². The van der Waals surface area contributed by atoms with Crippen molar-refractivity contribution in [2.75, 3.05) is 19.8 Å². The minimum Gasteiger partial charge on any atom is -0.396 e. The van der Waals surface area contributed by atoms with Crippen molar-refractivity contribution in [2.45, 2.75) is 133 Å². The van der Waals surface area contributed by atoms with Crippen molar-refractivity contribution in [2.24, 2.45) is 40.1 Å². The minimum absolute atomic E-state index is 0.0619. The summed E-state index contributed by atoms with van der Waals surface area (Å²) in [5, 5.41) is 8.59. The van der Waals surface area contributed by atoms with Gasteiger partial charge in [-0.25, -0.2) is 0 Å². The molecule has 0 aromatic heterocycles. The number of nitrogens with two attached hydrogens (primary N) is 2. The van der Waals surface area contributed by atoms with Crippen LogP contribution in [-0.4, -0.2) is 48.2 Å². The molecule has 0 saturated heterocycles. The van der Waals surface area contributed by atoms with Gasteiger partial charge in [0.2, 0.25) is 0 Å². The van der Waals surface area contributed by atoms with Gasteiger partial charge in [0.25, 0.3) is 0 Å². The van der Waals surface area contributed by atoms with Crippen molar-refractivity contribution in [3.05, 3.63) is 0 Å². The zero-order valence-corrected chi connectivity index (χ0v) is 24.8. The highest BCUT2D eigenvalue weighted by atomic mass is 16.5. The van der Waals surface area contributed by atoms with Crippen molar-refractivity contribution >= 4 is 0 Å². The van der Waals surface area contributed by atoms with E-state index >= 15 is 0 Å². The number of aliphatic hydroxyl groups is 1. The Kier molecular flexibility index (Phi) is 15.2. The van der Waals surface area contributed by atoms with Crippen LogP contribution in [0.2, 0.25) is 0 Å². The number of rotatable bonds is 14. The van der Waals surface area contributed by atoms with Crippen LogP contribution in [0.15, 0.2) is 0 Å². The molecule has 0 rings (SSSR count). The Morgan fingerprint density at radius 2 is 1.30 bits per heavy atom. The SMILES string of the molecule is CC(CO)C(C)(C)N.CC(N)CC(C)(C)OCC(C)C(C)(C)C(C)OCCC(C)(C)C(C)C. The van der Waals surface area contributed by atoms with Crippen molar-refractivity contribution in [3.8, 4) is 0 Å². The first-order valence-electron chi connectivity index (χ1n) is 13.0. The monoisotopic (exact) mass is 474 g/mol. The fraction of sp³-hybridized carbons (Fsp3) is 1.00. The Morgan fingerprint density at radius 1 is 0.818 bits per heavy atom. The van der Waals surface area contributed by atoms with E-state index in [4.69, 9.17) is 26.0 Å². The highest BCUT2D eigenvalue weighted by Gasteiger charge is 2.35. The predicted molar refractivity (Wildman–Crippen MR) is 144 cm³/mol. The Labute approximate surface area is 207 Å². The molecular formula is C28H62N2O3. The fourth-order valence-electron chi connectivity index (χ4n) is 3.04. The molecule has 0 aliphatic carbocycles. The molecule has 5 heteroatoms. The lowest BCUT2D eigenvalue weighted by Crippen LogP contribution is -2.41. The maximum absolute atomic E-state index is 8.59. The largest absolute Gasteiger partial charge is 0.396 e. The Hall–Kier alpha value is -0.200. The first kappa shape index (κ1) is 35.0. The summed E-state index contributed by atoms with van der Waals surface area (Å²) >= 11 is 0. The lowest BCUT2D eigenvalue weighted by molar-refractivity contribution is -0.0956. The standard InChI is InChI=1S/C22H47NO2.C6H15NO/c1-16(2)20(6,7)12-13-24-19(5)22(10,11)17(3)15-25-21(8,9)14-18(4)23;1-5(4-8)6(2,3)7/h16-19H,12-15,23H2,1-11H3;5,8H,4,7H2,1-3H3. The van der Waals surface area contributed by atoms with Crippen LogP contribution in [0, 0.1) is 28.6 Å². The summed E-state index contributed by atoms with van der Waals surface area (Å²) in [5.74, 6) is 1.26. The highest BCUT2D eigenvalue weighted by Crippen LogP contribution is 2.35. The molecule has 0 fully saturated rings. The average molecular weight is 475 g/mol. The van der Waals surface area contributed by atoms with E-state index in [-0.39, 0.29) is 41.2 Å². The molecule has 4 atom stereocenters. The van der Waals surface area contributed by atoms with Gasteiger partial charge in [-0.2, -0.15) is 0 Å². The normalized spacial score (nSPS) is 17.3. The van der Waals surface area contributed by atoms with E-state index in [1.165, 1.54) is 0 Å². The van der Waals surface area contributed by atoms with Gasteiger partial charge in [-0.05, 0) is 83.0 Å². The molecule has 0 spiro atoms. The van der Waals surface area contributed by atoms with Crippen LogP contribution >= 0.6 is 0 Å². The number of hydrogen-bond donors (Lipinski definition) is 3. The van der Waals surface area contributed by atoms with Crippen LogP contribution in [0.4, 0.5) is 0 Å². The molecule has 0 aromatic rings. The zero-order chi connectivity index (χ0) is 26.8. The number of ether oxygens (including phenoxy) is 2. The van der Waals surface area contributed by atoms with Gasteiger partial charge in [-0.15, -0.1) is 0 Å². The summed E-state index contributed by atoms with van der Waals surface area (Å²) in [7, 11) is 0. The molecule has 33 heavy (non-hydrogen) atoms. The Bertz CT molecular complexity index is 508. The number of aliphatic hydroxyl groups excluding tert-OH is 1. The molecule has 0 aromatic carbocycles. The van der Waals surface area contributed by atoms with Crippen LogP contribution in [0.5, 0.6) is 0 Å². The van der Waals surface area contributed by atoms with Gasteiger partial charge in [0, 0.05) is 24.8 Å². The van der Waals surface area contributed by atoms with Crippen LogP contribution in [0.3, 0.4) is 0 Å². The lowest BCUT2D eigenvalue weighted by Gasteiger charge is -2.40. The second-order valence-corrected chi connectivity index (χ2v) is 13.3.